The number of imide groups is 2. The van der Waals surface area contributed by atoms with Crippen LogP contribution in [0.25, 0.3) is 33.1 Å². The molecule has 2 saturated heterocycles. The summed E-state index contributed by atoms with van der Waals surface area (Å²) in [6.07, 6.45) is 13.4. The van der Waals surface area contributed by atoms with Crippen molar-refractivity contribution in [3.8, 4) is 0 Å². The minimum absolute atomic E-state index is 0.0638. The van der Waals surface area contributed by atoms with Crippen molar-refractivity contribution >= 4 is 114 Å². The number of benzene rings is 6. The van der Waals surface area contributed by atoms with Gasteiger partial charge < -0.3 is 25.4 Å². The third-order valence-electron chi connectivity index (χ3n) is 21.1. The maximum atomic E-state index is 15.6. The number of ether oxygens (including phenoxy) is 2. The lowest BCUT2D eigenvalue weighted by molar-refractivity contribution is -0.0369. The van der Waals surface area contributed by atoms with E-state index in [2.05, 4.69) is 69.5 Å². The highest BCUT2D eigenvalue weighted by Gasteiger charge is 2.44. The van der Waals surface area contributed by atoms with Gasteiger partial charge in [-0.15, -0.1) is 10.2 Å². The molecule has 2 unspecified atom stereocenters. The van der Waals surface area contributed by atoms with Gasteiger partial charge in [-0.05, 0) is 190 Å². The van der Waals surface area contributed by atoms with Crippen LogP contribution in [-0.2, 0) is 48.0 Å². The van der Waals surface area contributed by atoms with Crippen LogP contribution in [0.2, 0.25) is 0 Å². The number of nitrogens with zero attached hydrogens (tertiary/aromatic N) is 10. The van der Waals surface area contributed by atoms with Gasteiger partial charge in [0.25, 0.3) is 23.6 Å². The van der Waals surface area contributed by atoms with Crippen LogP contribution >= 0.6 is 0 Å². The summed E-state index contributed by atoms with van der Waals surface area (Å²) in [6.45, 7) is 1.13. The molecule has 4 aliphatic carbocycles. The predicted octanol–water partition coefficient (Wildman–Crippen LogP) is 15.1. The van der Waals surface area contributed by atoms with Gasteiger partial charge >= 0.3 is 0 Å². The van der Waals surface area contributed by atoms with E-state index < -0.39 is 59.5 Å². The number of aryl methyl sites for hydroxylation is 3. The van der Waals surface area contributed by atoms with Gasteiger partial charge in [0, 0.05) is 46.8 Å². The molecule has 10 heterocycles. The average Bonchev–Trinajstić information content (AvgIpc) is 1.56. The predicted molar refractivity (Wildman–Crippen MR) is 385 cm³/mol. The van der Waals surface area contributed by atoms with E-state index in [0.717, 1.165) is 110 Å². The minimum Gasteiger partial charge on any atom is -0.356 e. The second-order valence-corrected chi connectivity index (χ2v) is 27.3. The topological polar surface area (TPSA) is 266 Å². The van der Waals surface area contributed by atoms with Gasteiger partial charge in [-0.3, -0.25) is 33.9 Å². The van der Waals surface area contributed by atoms with Gasteiger partial charge in [-0.1, -0.05) is 84.9 Å². The Hall–Kier alpha value is -12.1. The first-order valence-electron chi connectivity index (χ1n) is 35.5. The van der Waals surface area contributed by atoms with E-state index in [0.29, 0.717) is 76.1 Å². The van der Waals surface area contributed by atoms with Crippen LogP contribution in [0.15, 0.2) is 146 Å². The van der Waals surface area contributed by atoms with Crippen LogP contribution in [-0.4, -0.2) is 93.1 Å². The van der Waals surface area contributed by atoms with Crippen LogP contribution in [0.4, 0.5) is 59.3 Å². The summed E-state index contributed by atoms with van der Waals surface area (Å²) in [5.41, 5.74) is 13.1. The van der Waals surface area contributed by atoms with Crippen molar-refractivity contribution in [1.82, 2.24) is 44.7 Å². The molecule has 8 aliphatic rings. The summed E-state index contributed by atoms with van der Waals surface area (Å²) in [7, 11) is 0. The van der Waals surface area contributed by atoms with E-state index in [1.54, 1.807) is 82.2 Å². The van der Waals surface area contributed by atoms with E-state index in [4.69, 9.17) is 9.47 Å². The Morgan fingerprint density at radius 3 is 1.16 bits per heavy atom. The van der Waals surface area contributed by atoms with Crippen molar-refractivity contribution in [3.63, 3.8) is 0 Å². The number of anilines is 8. The summed E-state index contributed by atoms with van der Waals surface area (Å²) in [5, 5.41) is 26.6. The Morgan fingerprint density at radius 2 is 0.781 bits per heavy atom. The number of carbonyl (C=O) groups excluding carboxylic acids is 6. The largest absolute Gasteiger partial charge is 0.356 e. The molecule has 12 aromatic rings. The molecule has 25 heteroatoms. The number of pyridine rings is 3. The summed E-state index contributed by atoms with van der Waals surface area (Å²) >= 11 is 0. The molecule has 20 rings (SSSR count). The Morgan fingerprint density at radius 1 is 0.410 bits per heavy atom. The molecule has 6 aromatic heterocycles. The standard InChI is InChI=1S/2C28H24FN5O3.C24H17FN4O2/c2*29-21-15-20-25(31-24(21)30-22-12-6-8-16-7-5-11-17(16)22)34(23-13-3-4-14-37-23)32-26(20)33-27(35)18-9-1-2-10-19(18)28(33)36;25-17-11-16-20(19-21(30)14-7-1-2-8-15(14)22(19)31)28-29-23(16)27-24(17)26-18-10-4-6-12-5-3-9-13(12)18/h2*1-2,6,8-10,12,15,23H,3-5,7,11,13-14H2,(H,30,31);1-2,4,6-8,10-11,19H,3,5,9H2,(H2,26,27,28,29). The fourth-order valence-electron chi connectivity index (χ4n) is 16.0. The van der Waals surface area contributed by atoms with E-state index in [-0.39, 0.29) is 62.8 Å². The minimum atomic E-state index is -1.06. The smallest absolute Gasteiger partial charge is 0.267 e. The number of ketones is 2. The summed E-state index contributed by atoms with van der Waals surface area (Å²) in [5.74, 6) is -5.05. The zero-order valence-corrected chi connectivity index (χ0v) is 56.5. The molecule has 105 heavy (non-hydrogen) atoms. The molecule has 4 N–H and O–H groups in total. The highest BCUT2D eigenvalue weighted by Crippen LogP contribution is 2.43. The number of rotatable bonds is 11. The monoisotopic (exact) mass is 1410 g/mol. The molecule has 524 valence electrons. The molecule has 4 aliphatic heterocycles. The summed E-state index contributed by atoms with van der Waals surface area (Å²) in [4.78, 5) is 94.3. The number of aromatic amines is 1. The number of halogens is 3. The van der Waals surface area contributed by atoms with Crippen molar-refractivity contribution < 1.29 is 51.4 Å². The third kappa shape index (κ3) is 11.2. The zero-order valence-electron chi connectivity index (χ0n) is 56.5. The second-order valence-electron chi connectivity index (χ2n) is 27.3. The van der Waals surface area contributed by atoms with Crippen LogP contribution in [0, 0.1) is 17.5 Å². The van der Waals surface area contributed by atoms with Gasteiger partial charge in [0.1, 0.15) is 5.92 Å². The first kappa shape index (κ1) is 65.0. The average molecular weight is 1410 g/mol. The van der Waals surface area contributed by atoms with Gasteiger partial charge in [-0.2, -0.15) is 5.10 Å². The Kier molecular flexibility index (Phi) is 16.3. The number of amides is 4. The van der Waals surface area contributed by atoms with Gasteiger partial charge in [0.05, 0.1) is 38.7 Å². The Bertz CT molecular complexity index is 5340. The maximum Gasteiger partial charge on any atom is 0.267 e. The van der Waals surface area contributed by atoms with Crippen molar-refractivity contribution in [1.29, 1.82) is 0 Å². The van der Waals surface area contributed by atoms with Crippen LogP contribution < -0.4 is 25.8 Å². The van der Waals surface area contributed by atoms with Crippen LogP contribution in [0.5, 0.6) is 0 Å². The SMILES string of the molecule is O=C1c2ccccc2C(=O)C1c1[nH]nc2nc(Nc3cccc4c3CCC4)c(F)cc12.O=C1c2ccccc2C(=O)N1c1nn(C2CCCCO2)c2nc(Nc3cccc4c3CCC4)c(F)cc12.O=C1c2ccccc2C(=O)N1c1nn(C2CCCCO2)c2nc(Nc3cccc4c3CCC4)c(F)cc12. The molecule has 0 spiro atoms. The molecule has 0 bridgehead atoms. The van der Waals surface area contributed by atoms with Gasteiger partial charge in [0.15, 0.2) is 87.5 Å². The van der Waals surface area contributed by atoms with E-state index in [9.17, 15) is 28.8 Å². The van der Waals surface area contributed by atoms with Crippen molar-refractivity contribution in [2.45, 2.75) is 115 Å². The number of H-pyrrole nitrogens is 1. The first-order chi connectivity index (χ1) is 51.3. The molecule has 4 amide bonds. The molecule has 6 aromatic carbocycles. The summed E-state index contributed by atoms with van der Waals surface area (Å²) in [6, 6.07) is 41.8. The number of Topliss-reactive ketones (excluding diaryl/α,β-unsaturated/α-hetero) is 2. The highest BCUT2D eigenvalue weighted by molar-refractivity contribution is 6.36. The number of hydrogen-bond donors (Lipinski definition) is 4. The molecular weight excluding hydrogens is 1340 g/mol. The van der Waals surface area contributed by atoms with Crippen LogP contribution in [0.1, 0.15) is 177 Å². The zero-order chi connectivity index (χ0) is 71.3. The first-order valence-corrected chi connectivity index (χ1v) is 35.5. The van der Waals surface area contributed by atoms with E-state index in [1.165, 1.54) is 51.6 Å². The number of hydrogen-bond acceptors (Lipinski definition) is 17. The lowest BCUT2D eigenvalue weighted by Crippen LogP contribution is -2.30. The van der Waals surface area contributed by atoms with Gasteiger partial charge in [0.2, 0.25) is 0 Å². The van der Waals surface area contributed by atoms with E-state index in [1.807, 2.05) is 36.4 Å². The number of nitrogens with one attached hydrogen (secondary N) is 4. The second kappa shape index (κ2) is 26.3. The Balaban J connectivity index is 0.000000112. The fourth-order valence-corrected chi connectivity index (χ4v) is 16.0. The Labute approximate surface area is 597 Å². The van der Waals surface area contributed by atoms with Crippen molar-refractivity contribution in [2.75, 3.05) is 39.0 Å². The lowest BCUT2D eigenvalue weighted by atomic mass is 9.97. The highest BCUT2D eigenvalue weighted by atomic mass is 19.1. The normalized spacial score (nSPS) is 17.9. The molecule has 0 radical (unpaired) electrons. The third-order valence-corrected chi connectivity index (χ3v) is 21.1. The molecular formula is C80H65F3N14O8. The molecule has 2 atom stereocenters. The quantitative estimate of drug-likeness (QED) is 0.0692. The van der Waals surface area contributed by atoms with Gasteiger partial charge in [-0.25, -0.2) is 47.3 Å². The summed E-state index contributed by atoms with van der Waals surface area (Å²) < 4.78 is 61.2. The maximum absolute atomic E-state index is 15.6. The molecule has 2 fully saturated rings. The van der Waals surface area contributed by atoms with Crippen molar-refractivity contribution in [2.24, 2.45) is 0 Å². The number of aromatic nitrogens is 9. The van der Waals surface area contributed by atoms with Crippen LogP contribution in [0.3, 0.4) is 0 Å². The fraction of sp³-hybridized carbons (Fsp3) is 0.250. The van der Waals surface area contributed by atoms with Crippen molar-refractivity contribution in [3.05, 3.63) is 235 Å². The molecule has 22 nitrogen and oxygen atoms in total. The number of fused-ring (bicyclic) bond motifs is 9. The molecule has 0 saturated carbocycles. The number of carbonyl (C=O) groups is 6. The lowest BCUT2D eigenvalue weighted by Gasteiger charge is -2.23. The van der Waals surface area contributed by atoms with E-state index >= 15 is 13.2 Å².